The highest BCUT2D eigenvalue weighted by Gasteiger charge is 2.17. The van der Waals surface area contributed by atoms with Gasteiger partial charge in [-0.2, -0.15) is 0 Å². The van der Waals surface area contributed by atoms with Crippen molar-refractivity contribution in [3.05, 3.63) is 83.6 Å². The quantitative estimate of drug-likeness (QED) is 0.193. The Morgan fingerprint density at radius 1 is 0.375 bits per heavy atom. The summed E-state index contributed by atoms with van der Waals surface area (Å²) in [4.78, 5) is 14.6. The summed E-state index contributed by atoms with van der Waals surface area (Å²) in [5, 5.41) is 16.9. The van der Waals surface area contributed by atoms with Gasteiger partial charge in [0.15, 0.2) is 9.66 Å². The second-order valence-electron chi connectivity index (χ2n) is 9.97. The van der Waals surface area contributed by atoms with Crippen LogP contribution in [-0.4, -0.2) is 9.97 Å². The molecule has 4 aromatic carbocycles. The first kappa shape index (κ1) is 22.4. The Hall–Kier alpha value is -3.24. The van der Waals surface area contributed by atoms with Crippen LogP contribution in [0.1, 0.15) is 0 Å². The van der Waals surface area contributed by atoms with Crippen molar-refractivity contribution in [1.29, 1.82) is 0 Å². The van der Waals surface area contributed by atoms with Gasteiger partial charge in [-0.3, -0.25) is 0 Å². The number of rotatable bonds is 2. The monoisotopic (exact) mass is 618 g/mol. The lowest BCUT2D eigenvalue weighted by Gasteiger charge is -1.99. The molecular weight excluding hydrogens is 605 g/mol. The summed E-state index contributed by atoms with van der Waals surface area (Å²) >= 11 is 10.7. The lowest BCUT2D eigenvalue weighted by atomic mass is 10.1. The molecular formula is C32H14N2S6. The van der Waals surface area contributed by atoms with Gasteiger partial charge in [0.1, 0.15) is 10.0 Å². The molecule has 40 heavy (non-hydrogen) atoms. The van der Waals surface area contributed by atoms with Gasteiger partial charge in [0, 0.05) is 18.8 Å². The Bertz CT molecular complexity index is 2270. The van der Waals surface area contributed by atoms with Crippen molar-refractivity contribution in [3.8, 4) is 19.8 Å². The molecule has 0 aliphatic rings. The zero-order chi connectivity index (χ0) is 25.9. The number of hydrogen-bond donors (Lipinski definition) is 0. The molecule has 10 aromatic rings. The largest absolute Gasteiger partial charge is 0.222 e. The number of nitrogens with zero attached hydrogens (tertiary/aromatic N) is 2. The van der Waals surface area contributed by atoms with E-state index in [0.29, 0.717) is 0 Å². The highest BCUT2D eigenvalue weighted by Crippen LogP contribution is 2.44. The summed E-state index contributed by atoms with van der Waals surface area (Å²) in [7, 11) is 0. The van der Waals surface area contributed by atoms with Crippen LogP contribution in [0.15, 0.2) is 83.6 Å². The van der Waals surface area contributed by atoms with Crippen LogP contribution in [0.5, 0.6) is 0 Å². The molecule has 0 unspecified atom stereocenters. The fourth-order valence-electron chi connectivity index (χ4n) is 5.56. The molecule has 0 N–H and O–H groups in total. The third kappa shape index (κ3) is 3.35. The summed E-state index contributed by atoms with van der Waals surface area (Å²) < 4.78 is 5.30. The lowest BCUT2D eigenvalue weighted by Crippen LogP contribution is -1.72. The molecule has 0 bridgehead atoms. The maximum Gasteiger partial charge on any atom is 0.155 e. The summed E-state index contributed by atoms with van der Waals surface area (Å²) in [5.74, 6) is 0. The minimum absolute atomic E-state index is 1.03. The molecule has 0 amide bonds. The van der Waals surface area contributed by atoms with Crippen molar-refractivity contribution in [2.75, 3.05) is 0 Å². The van der Waals surface area contributed by atoms with Crippen LogP contribution in [0, 0.1) is 0 Å². The number of thiazole rings is 2. The van der Waals surface area contributed by atoms with Crippen LogP contribution >= 0.6 is 68.0 Å². The Morgan fingerprint density at radius 3 is 1.27 bits per heavy atom. The SMILES string of the molecule is c1cc2cc3cc4sc(-c5nc6sc(-c7cc8cc9cc%10sccc%10cc9cc8s7)nc6s5)cc4cc3cc2s1. The third-order valence-corrected chi connectivity index (χ3v) is 13.8. The van der Waals surface area contributed by atoms with Gasteiger partial charge < -0.3 is 0 Å². The second-order valence-corrected chi connectivity index (χ2v) is 16.0. The van der Waals surface area contributed by atoms with Gasteiger partial charge in [-0.25, -0.2) is 9.97 Å². The van der Waals surface area contributed by atoms with Crippen molar-refractivity contribution < 1.29 is 0 Å². The van der Waals surface area contributed by atoms with E-state index in [9.17, 15) is 0 Å². The Balaban J connectivity index is 1.03. The van der Waals surface area contributed by atoms with Crippen LogP contribution in [0.4, 0.5) is 0 Å². The van der Waals surface area contributed by atoms with E-state index in [1.165, 1.54) is 71.6 Å². The van der Waals surface area contributed by atoms with Gasteiger partial charge >= 0.3 is 0 Å². The molecule has 0 saturated heterocycles. The minimum Gasteiger partial charge on any atom is -0.222 e. The fourth-order valence-corrected chi connectivity index (χ4v) is 11.5. The molecule has 0 spiro atoms. The van der Waals surface area contributed by atoms with Crippen LogP contribution < -0.4 is 0 Å². The molecule has 10 rings (SSSR count). The zero-order valence-corrected chi connectivity index (χ0v) is 25.3. The van der Waals surface area contributed by atoms with Gasteiger partial charge in [0.25, 0.3) is 0 Å². The zero-order valence-electron chi connectivity index (χ0n) is 20.4. The maximum atomic E-state index is 5.05. The standard InChI is InChI=1S/C32H14N2S6/c1-3-35-23-9-19-7-21-13-27(37-25(21)11-17(19)5-15(1)23)29-33-31-32(39-29)34-30(40-31)28-14-22-8-20-10-24-16(2-4-36-24)6-18(20)12-26(22)38-28/h1-14H. The highest BCUT2D eigenvalue weighted by atomic mass is 32.1. The molecule has 0 aliphatic carbocycles. The second kappa shape index (κ2) is 8.16. The summed E-state index contributed by atoms with van der Waals surface area (Å²) in [6.45, 7) is 0. The Labute approximate surface area is 251 Å². The molecule has 0 saturated carbocycles. The minimum atomic E-state index is 1.03. The molecule has 0 atom stereocenters. The van der Waals surface area contributed by atoms with Gasteiger partial charge in [-0.15, -0.1) is 45.3 Å². The third-order valence-electron chi connectivity index (χ3n) is 7.49. The van der Waals surface area contributed by atoms with Gasteiger partial charge in [0.2, 0.25) is 0 Å². The summed E-state index contributed by atoms with van der Waals surface area (Å²) in [5.41, 5.74) is 0. The van der Waals surface area contributed by atoms with E-state index >= 15 is 0 Å². The van der Waals surface area contributed by atoms with Gasteiger partial charge in [-0.05, 0) is 127 Å². The van der Waals surface area contributed by atoms with Crippen LogP contribution in [-0.2, 0) is 0 Å². The lowest BCUT2D eigenvalue weighted by molar-refractivity contribution is 1.51. The van der Waals surface area contributed by atoms with Crippen molar-refractivity contribution in [1.82, 2.24) is 9.97 Å². The predicted octanol–water partition coefficient (Wildman–Crippen LogP) is 12.3. The fraction of sp³-hybridized carbons (Fsp3) is 0. The van der Waals surface area contributed by atoms with Crippen LogP contribution in [0.3, 0.4) is 0 Å². The first-order valence-corrected chi connectivity index (χ1v) is 17.7. The molecule has 8 heteroatoms. The number of hydrogen-bond acceptors (Lipinski definition) is 8. The number of aromatic nitrogens is 2. The molecule has 6 heterocycles. The van der Waals surface area contributed by atoms with E-state index < -0.39 is 0 Å². The molecule has 6 aromatic heterocycles. The Morgan fingerprint density at radius 2 is 0.800 bits per heavy atom. The molecule has 188 valence electrons. The predicted molar refractivity (Wildman–Crippen MR) is 183 cm³/mol. The van der Waals surface area contributed by atoms with E-state index in [1.54, 1.807) is 45.3 Å². The van der Waals surface area contributed by atoms with E-state index in [4.69, 9.17) is 9.97 Å². The van der Waals surface area contributed by atoms with Gasteiger partial charge in [0.05, 0.1) is 9.75 Å². The number of fused-ring (bicyclic) bond motifs is 7. The van der Waals surface area contributed by atoms with Crippen molar-refractivity contribution in [2.24, 2.45) is 0 Å². The average Bonchev–Trinajstić information content (AvgIpc) is 3.77. The number of thiophene rings is 4. The first-order valence-electron chi connectivity index (χ1n) is 12.7. The molecule has 0 aliphatic heterocycles. The van der Waals surface area contributed by atoms with Crippen molar-refractivity contribution in [2.45, 2.75) is 0 Å². The molecule has 0 radical (unpaired) electrons. The smallest absolute Gasteiger partial charge is 0.155 e. The van der Waals surface area contributed by atoms with Crippen molar-refractivity contribution >= 4 is 140 Å². The number of benzene rings is 4. The Kier molecular flexibility index (Phi) is 4.58. The van der Waals surface area contributed by atoms with E-state index in [-0.39, 0.29) is 0 Å². The van der Waals surface area contributed by atoms with Gasteiger partial charge in [-0.1, -0.05) is 22.7 Å². The molecule has 2 nitrogen and oxygen atoms in total. The van der Waals surface area contributed by atoms with E-state index in [2.05, 4.69) is 83.6 Å². The van der Waals surface area contributed by atoms with Crippen LogP contribution in [0.25, 0.3) is 91.3 Å². The summed E-state index contributed by atoms with van der Waals surface area (Å²) in [6, 6.07) is 27.6. The van der Waals surface area contributed by atoms with Crippen molar-refractivity contribution in [3.63, 3.8) is 0 Å². The average molecular weight is 619 g/mol. The van der Waals surface area contributed by atoms with E-state index in [1.807, 2.05) is 22.7 Å². The molecule has 0 fully saturated rings. The maximum absolute atomic E-state index is 5.05. The highest BCUT2D eigenvalue weighted by molar-refractivity contribution is 7.33. The summed E-state index contributed by atoms with van der Waals surface area (Å²) in [6.07, 6.45) is 0. The normalized spacial score (nSPS) is 12.5. The van der Waals surface area contributed by atoms with Crippen LogP contribution in [0.2, 0.25) is 0 Å². The van der Waals surface area contributed by atoms with E-state index in [0.717, 1.165) is 19.7 Å². The topological polar surface area (TPSA) is 25.8 Å². The first-order chi connectivity index (χ1) is 19.7.